The Labute approximate surface area is 117 Å². The van der Waals surface area contributed by atoms with E-state index in [1.54, 1.807) is 0 Å². The average Bonchev–Trinajstić information content (AvgIpc) is 2.41. The van der Waals surface area contributed by atoms with Gasteiger partial charge in [-0.1, -0.05) is 13.0 Å². The van der Waals surface area contributed by atoms with Crippen LogP contribution in [0.3, 0.4) is 0 Å². The van der Waals surface area contributed by atoms with E-state index in [2.05, 4.69) is 18.3 Å². The van der Waals surface area contributed by atoms with Gasteiger partial charge in [0.05, 0.1) is 6.07 Å². The lowest BCUT2D eigenvalue weighted by atomic mass is 9.78. The molecule has 1 aromatic carbocycles. The topological polar surface area (TPSA) is 73.1 Å². The molecule has 0 unspecified atom stereocenters. The molecule has 106 valence electrons. The number of carbonyl (C=O) groups is 1. The quantitative estimate of drug-likeness (QED) is 0.872. The number of rotatable bonds is 2. The predicted molar refractivity (Wildman–Crippen MR) is 71.5 cm³/mol. The molecule has 0 atom stereocenters. The third-order valence-corrected chi connectivity index (χ3v) is 3.91. The maximum Gasteiger partial charge on any atom is 0.259 e. The van der Waals surface area contributed by atoms with Gasteiger partial charge in [-0.2, -0.15) is 5.26 Å². The molecular formula is C15H17FN2O2. The van der Waals surface area contributed by atoms with Gasteiger partial charge in [-0.3, -0.25) is 4.79 Å². The predicted octanol–water partition coefficient (Wildman–Crippen LogP) is 2.73. The van der Waals surface area contributed by atoms with Crippen molar-refractivity contribution in [3.63, 3.8) is 0 Å². The second-order valence-corrected chi connectivity index (χ2v) is 5.46. The molecule has 1 fully saturated rings. The van der Waals surface area contributed by atoms with Gasteiger partial charge < -0.3 is 10.4 Å². The SMILES string of the molecule is CC1CCC(C#N)(NC(=O)c2c(O)cccc2F)CC1. The Morgan fingerprint density at radius 2 is 2.15 bits per heavy atom. The molecule has 1 amide bonds. The van der Waals surface area contributed by atoms with E-state index in [1.165, 1.54) is 12.1 Å². The highest BCUT2D eigenvalue weighted by atomic mass is 19.1. The van der Waals surface area contributed by atoms with Crippen LogP contribution in [-0.2, 0) is 0 Å². The van der Waals surface area contributed by atoms with Crippen LogP contribution in [0.25, 0.3) is 0 Å². The van der Waals surface area contributed by atoms with Crippen molar-refractivity contribution in [2.24, 2.45) is 5.92 Å². The van der Waals surface area contributed by atoms with Crippen LogP contribution in [0.2, 0.25) is 0 Å². The number of phenols is 1. The fourth-order valence-electron chi connectivity index (χ4n) is 2.54. The first-order valence-corrected chi connectivity index (χ1v) is 6.69. The van der Waals surface area contributed by atoms with Crippen LogP contribution in [-0.4, -0.2) is 16.6 Å². The summed E-state index contributed by atoms with van der Waals surface area (Å²) in [4.78, 5) is 12.1. The standard InChI is InChI=1S/C15H17FN2O2/c1-10-5-7-15(9-17,8-6-10)18-14(20)13-11(16)3-2-4-12(13)19/h2-4,10,19H,5-8H2,1H3,(H,18,20). The van der Waals surface area contributed by atoms with E-state index < -0.39 is 28.6 Å². The fraction of sp³-hybridized carbons (Fsp3) is 0.467. The van der Waals surface area contributed by atoms with Gasteiger partial charge >= 0.3 is 0 Å². The van der Waals surface area contributed by atoms with Crippen molar-refractivity contribution in [3.05, 3.63) is 29.6 Å². The second kappa shape index (κ2) is 5.49. The summed E-state index contributed by atoms with van der Waals surface area (Å²) in [5, 5.41) is 21.5. The summed E-state index contributed by atoms with van der Waals surface area (Å²) in [6, 6.07) is 5.82. The van der Waals surface area contributed by atoms with Crippen molar-refractivity contribution in [2.75, 3.05) is 0 Å². The van der Waals surface area contributed by atoms with Crippen LogP contribution in [0.5, 0.6) is 5.75 Å². The molecule has 2 rings (SSSR count). The molecule has 0 saturated heterocycles. The summed E-state index contributed by atoms with van der Waals surface area (Å²) < 4.78 is 13.6. The Hall–Kier alpha value is -2.09. The summed E-state index contributed by atoms with van der Waals surface area (Å²) in [5.41, 5.74) is -1.36. The van der Waals surface area contributed by atoms with E-state index >= 15 is 0 Å². The zero-order valence-corrected chi connectivity index (χ0v) is 11.3. The lowest BCUT2D eigenvalue weighted by Gasteiger charge is -2.34. The minimum atomic E-state index is -0.960. The van der Waals surface area contributed by atoms with Gasteiger partial charge in [0.25, 0.3) is 5.91 Å². The van der Waals surface area contributed by atoms with Gasteiger partial charge in [0.2, 0.25) is 0 Å². The maximum absolute atomic E-state index is 13.6. The Morgan fingerprint density at radius 1 is 1.50 bits per heavy atom. The van der Waals surface area contributed by atoms with Gasteiger partial charge in [0.15, 0.2) is 0 Å². The number of hydrogen-bond acceptors (Lipinski definition) is 3. The highest BCUT2D eigenvalue weighted by molar-refractivity contribution is 5.97. The lowest BCUT2D eigenvalue weighted by Crippen LogP contribution is -2.49. The summed E-state index contributed by atoms with van der Waals surface area (Å²) in [7, 11) is 0. The Kier molecular flexibility index (Phi) is 3.93. The largest absolute Gasteiger partial charge is 0.507 e. The van der Waals surface area contributed by atoms with Gasteiger partial charge in [-0.05, 0) is 43.7 Å². The molecule has 1 aliphatic carbocycles. The molecule has 0 aliphatic heterocycles. The van der Waals surface area contributed by atoms with E-state index in [9.17, 15) is 19.6 Å². The minimum absolute atomic E-state index is 0.402. The van der Waals surface area contributed by atoms with E-state index in [-0.39, 0.29) is 0 Å². The minimum Gasteiger partial charge on any atom is -0.507 e. The molecule has 5 heteroatoms. The van der Waals surface area contributed by atoms with Crippen molar-refractivity contribution >= 4 is 5.91 Å². The van der Waals surface area contributed by atoms with Gasteiger partial charge in [-0.15, -0.1) is 0 Å². The Bertz CT molecular complexity index is 537. The Morgan fingerprint density at radius 3 is 2.70 bits per heavy atom. The summed E-state index contributed by atoms with van der Waals surface area (Å²) in [5.74, 6) is -1.42. The molecule has 20 heavy (non-hydrogen) atoms. The van der Waals surface area contributed by atoms with E-state index in [0.29, 0.717) is 18.8 Å². The zero-order valence-electron chi connectivity index (χ0n) is 11.3. The molecule has 0 bridgehead atoms. The van der Waals surface area contributed by atoms with Crippen molar-refractivity contribution in [3.8, 4) is 11.8 Å². The number of carbonyl (C=O) groups excluding carboxylic acids is 1. The van der Waals surface area contributed by atoms with Crippen LogP contribution in [0, 0.1) is 23.1 Å². The molecule has 1 aliphatic rings. The monoisotopic (exact) mass is 276 g/mol. The highest BCUT2D eigenvalue weighted by Gasteiger charge is 2.36. The molecule has 0 radical (unpaired) electrons. The number of nitriles is 1. The number of hydrogen-bond donors (Lipinski definition) is 2. The van der Waals surface area contributed by atoms with E-state index in [1.807, 2.05) is 0 Å². The number of nitrogens with one attached hydrogen (secondary N) is 1. The van der Waals surface area contributed by atoms with E-state index in [0.717, 1.165) is 18.9 Å². The van der Waals surface area contributed by atoms with Crippen molar-refractivity contribution in [1.29, 1.82) is 5.26 Å². The zero-order chi connectivity index (χ0) is 14.8. The highest BCUT2D eigenvalue weighted by Crippen LogP contribution is 2.32. The number of amides is 1. The van der Waals surface area contributed by atoms with Crippen LogP contribution < -0.4 is 5.32 Å². The number of aromatic hydroxyl groups is 1. The first kappa shape index (κ1) is 14.3. The van der Waals surface area contributed by atoms with Crippen LogP contribution in [0.4, 0.5) is 4.39 Å². The average molecular weight is 276 g/mol. The molecular weight excluding hydrogens is 259 g/mol. The smallest absolute Gasteiger partial charge is 0.259 e. The molecule has 4 nitrogen and oxygen atoms in total. The first-order chi connectivity index (χ1) is 9.47. The third-order valence-electron chi connectivity index (χ3n) is 3.91. The van der Waals surface area contributed by atoms with Crippen molar-refractivity contribution in [2.45, 2.75) is 38.1 Å². The third kappa shape index (κ3) is 2.74. The number of benzene rings is 1. The molecule has 1 saturated carbocycles. The number of phenolic OH excluding ortho intramolecular Hbond substituents is 1. The van der Waals surface area contributed by atoms with Gasteiger partial charge in [-0.25, -0.2) is 4.39 Å². The Balaban J connectivity index is 2.21. The first-order valence-electron chi connectivity index (χ1n) is 6.69. The van der Waals surface area contributed by atoms with Crippen LogP contribution in [0.1, 0.15) is 43.0 Å². The number of nitrogens with zero attached hydrogens (tertiary/aromatic N) is 1. The molecule has 1 aromatic rings. The van der Waals surface area contributed by atoms with Crippen molar-refractivity contribution < 1.29 is 14.3 Å². The van der Waals surface area contributed by atoms with Gasteiger partial charge in [0, 0.05) is 0 Å². The van der Waals surface area contributed by atoms with E-state index in [4.69, 9.17) is 0 Å². The summed E-state index contributed by atoms with van der Waals surface area (Å²) in [6.45, 7) is 2.10. The number of halogens is 1. The van der Waals surface area contributed by atoms with Crippen LogP contribution >= 0.6 is 0 Å². The fourth-order valence-corrected chi connectivity index (χ4v) is 2.54. The molecule has 2 N–H and O–H groups in total. The van der Waals surface area contributed by atoms with Gasteiger partial charge in [0.1, 0.15) is 22.7 Å². The molecule has 0 heterocycles. The normalized spacial score (nSPS) is 25.8. The molecule has 0 aromatic heterocycles. The lowest BCUT2D eigenvalue weighted by molar-refractivity contribution is 0.0887. The van der Waals surface area contributed by atoms with Crippen LogP contribution in [0.15, 0.2) is 18.2 Å². The maximum atomic E-state index is 13.6. The second-order valence-electron chi connectivity index (χ2n) is 5.46. The molecule has 0 spiro atoms. The van der Waals surface area contributed by atoms with Crippen molar-refractivity contribution in [1.82, 2.24) is 5.32 Å². The summed E-state index contributed by atoms with van der Waals surface area (Å²) >= 11 is 0. The summed E-state index contributed by atoms with van der Waals surface area (Å²) in [6.07, 6.45) is 2.78.